The molecule has 0 radical (unpaired) electrons. The van der Waals surface area contributed by atoms with E-state index in [0.29, 0.717) is 13.0 Å². The second-order valence-corrected chi connectivity index (χ2v) is 4.45. The molecule has 0 saturated carbocycles. The van der Waals surface area contributed by atoms with Gasteiger partial charge in [-0.15, -0.1) is 0 Å². The molecule has 0 aliphatic rings. The molecule has 0 aromatic heterocycles. The summed E-state index contributed by atoms with van der Waals surface area (Å²) in [6.07, 6.45) is 0.628. The summed E-state index contributed by atoms with van der Waals surface area (Å²) >= 11 is 0. The maximum absolute atomic E-state index is 11.5. The molecular weight excluding hydrogens is 288 g/mol. The topological polar surface area (TPSA) is 96.9 Å². The molecule has 1 rings (SSSR count). The molecule has 1 aromatic rings. The molecule has 0 fully saturated rings. The lowest BCUT2D eigenvalue weighted by Gasteiger charge is -2.07. The Bertz CT molecular complexity index is 462. The Morgan fingerprint density at radius 3 is 2.27 bits per heavy atom. The lowest BCUT2D eigenvalue weighted by Crippen LogP contribution is -2.41. The number of aliphatic hydroxyl groups is 1. The average Bonchev–Trinajstić information content (AvgIpc) is 2.55. The molecule has 0 aliphatic carbocycles. The van der Waals surface area contributed by atoms with E-state index in [0.717, 1.165) is 11.3 Å². The van der Waals surface area contributed by atoms with Gasteiger partial charge in [-0.1, -0.05) is 12.1 Å². The Hall–Kier alpha value is -2.12. The van der Waals surface area contributed by atoms with Crippen LogP contribution in [0.4, 0.5) is 0 Å². The van der Waals surface area contributed by atoms with Crippen LogP contribution in [-0.4, -0.2) is 56.9 Å². The van der Waals surface area contributed by atoms with Gasteiger partial charge in [0.15, 0.2) is 0 Å². The van der Waals surface area contributed by atoms with E-state index in [2.05, 4.69) is 10.6 Å². The van der Waals surface area contributed by atoms with Crippen molar-refractivity contribution in [3.05, 3.63) is 29.8 Å². The van der Waals surface area contributed by atoms with Gasteiger partial charge in [-0.3, -0.25) is 9.59 Å². The fourth-order valence-electron chi connectivity index (χ4n) is 1.68. The standard InChI is InChI=1S/C15H22N2O5/c1-21-13-4-2-12(3-5-13)6-7-16-14(19)15(20)17-8-10-22-11-9-18/h2-5,18H,6-11H2,1H3,(H,16,19)(H,17,20). The molecular formula is C15H22N2O5. The second-order valence-electron chi connectivity index (χ2n) is 4.45. The highest BCUT2D eigenvalue weighted by Crippen LogP contribution is 2.11. The van der Waals surface area contributed by atoms with E-state index in [-0.39, 0.29) is 26.4 Å². The summed E-state index contributed by atoms with van der Waals surface area (Å²) in [5.41, 5.74) is 1.04. The maximum Gasteiger partial charge on any atom is 0.309 e. The maximum atomic E-state index is 11.5. The van der Waals surface area contributed by atoms with Crippen molar-refractivity contribution in [3.8, 4) is 5.75 Å². The van der Waals surface area contributed by atoms with Gasteiger partial charge in [0.2, 0.25) is 0 Å². The van der Waals surface area contributed by atoms with Gasteiger partial charge in [-0.25, -0.2) is 0 Å². The molecule has 0 atom stereocenters. The molecule has 0 spiro atoms. The van der Waals surface area contributed by atoms with E-state index in [9.17, 15) is 9.59 Å². The molecule has 0 bridgehead atoms. The minimum atomic E-state index is -0.692. The number of hydrogen-bond acceptors (Lipinski definition) is 5. The van der Waals surface area contributed by atoms with Crippen LogP contribution in [0.1, 0.15) is 5.56 Å². The van der Waals surface area contributed by atoms with Gasteiger partial charge in [0.1, 0.15) is 5.75 Å². The third-order valence-electron chi connectivity index (χ3n) is 2.83. The summed E-state index contributed by atoms with van der Waals surface area (Å²) < 4.78 is 10.0. The fourth-order valence-corrected chi connectivity index (χ4v) is 1.68. The molecule has 0 unspecified atom stereocenters. The van der Waals surface area contributed by atoms with Gasteiger partial charge < -0.3 is 25.2 Å². The first-order chi connectivity index (χ1) is 10.7. The molecule has 2 amide bonds. The minimum absolute atomic E-state index is 0.0696. The van der Waals surface area contributed by atoms with E-state index in [4.69, 9.17) is 14.6 Å². The molecule has 0 saturated heterocycles. The number of hydrogen-bond donors (Lipinski definition) is 3. The van der Waals surface area contributed by atoms with Gasteiger partial charge >= 0.3 is 11.8 Å². The lowest BCUT2D eigenvalue weighted by molar-refractivity contribution is -0.139. The van der Waals surface area contributed by atoms with Gasteiger partial charge in [-0.05, 0) is 24.1 Å². The van der Waals surface area contributed by atoms with Crippen LogP contribution in [0.25, 0.3) is 0 Å². The Kier molecular flexibility index (Phi) is 8.63. The van der Waals surface area contributed by atoms with Crippen LogP contribution in [0, 0.1) is 0 Å². The quantitative estimate of drug-likeness (QED) is 0.421. The van der Waals surface area contributed by atoms with Crippen LogP contribution >= 0.6 is 0 Å². The normalized spacial score (nSPS) is 10.1. The first-order valence-corrected chi connectivity index (χ1v) is 7.05. The summed E-state index contributed by atoms with van der Waals surface area (Å²) in [6.45, 7) is 0.999. The molecule has 7 nitrogen and oxygen atoms in total. The average molecular weight is 310 g/mol. The zero-order valence-corrected chi connectivity index (χ0v) is 12.6. The highest BCUT2D eigenvalue weighted by Gasteiger charge is 2.11. The van der Waals surface area contributed by atoms with Gasteiger partial charge in [-0.2, -0.15) is 0 Å². The summed E-state index contributed by atoms with van der Waals surface area (Å²) in [5, 5.41) is 13.5. The number of amides is 2. The zero-order chi connectivity index (χ0) is 16.2. The molecule has 1 aromatic carbocycles. The number of rotatable bonds is 9. The van der Waals surface area contributed by atoms with Crippen LogP contribution in [0.15, 0.2) is 24.3 Å². The van der Waals surface area contributed by atoms with Crippen molar-refractivity contribution in [2.24, 2.45) is 0 Å². The van der Waals surface area contributed by atoms with Crippen LogP contribution in [0.5, 0.6) is 5.75 Å². The first-order valence-electron chi connectivity index (χ1n) is 7.05. The molecule has 0 heterocycles. The molecule has 22 heavy (non-hydrogen) atoms. The highest BCUT2D eigenvalue weighted by atomic mass is 16.5. The number of methoxy groups -OCH3 is 1. The van der Waals surface area contributed by atoms with Crippen molar-refractivity contribution in [2.75, 3.05) is 40.0 Å². The number of benzene rings is 1. The largest absolute Gasteiger partial charge is 0.497 e. The zero-order valence-electron chi connectivity index (χ0n) is 12.6. The van der Waals surface area contributed by atoms with Gasteiger partial charge in [0, 0.05) is 13.1 Å². The Morgan fingerprint density at radius 2 is 1.68 bits per heavy atom. The summed E-state index contributed by atoms with van der Waals surface area (Å²) in [4.78, 5) is 23.0. The third kappa shape index (κ3) is 7.05. The fraction of sp³-hybridized carbons (Fsp3) is 0.467. The van der Waals surface area contributed by atoms with E-state index < -0.39 is 11.8 Å². The number of carbonyl (C=O) groups is 2. The SMILES string of the molecule is COc1ccc(CCNC(=O)C(=O)NCCOCCO)cc1. The highest BCUT2D eigenvalue weighted by molar-refractivity contribution is 6.35. The van der Waals surface area contributed by atoms with Crippen molar-refractivity contribution < 1.29 is 24.2 Å². The van der Waals surface area contributed by atoms with Crippen LogP contribution in [-0.2, 0) is 20.7 Å². The van der Waals surface area contributed by atoms with Crippen molar-refractivity contribution in [3.63, 3.8) is 0 Å². The lowest BCUT2D eigenvalue weighted by atomic mass is 10.1. The summed E-state index contributed by atoms with van der Waals surface area (Å²) in [7, 11) is 1.60. The molecule has 0 aliphatic heterocycles. The van der Waals surface area contributed by atoms with E-state index in [1.165, 1.54) is 0 Å². The predicted octanol–water partition coefficient (Wildman–Crippen LogP) is -0.521. The molecule has 122 valence electrons. The van der Waals surface area contributed by atoms with Crippen molar-refractivity contribution in [1.82, 2.24) is 10.6 Å². The number of carbonyl (C=O) groups excluding carboxylic acids is 2. The van der Waals surface area contributed by atoms with Crippen LogP contribution in [0.2, 0.25) is 0 Å². The van der Waals surface area contributed by atoms with Crippen LogP contribution < -0.4 is 15.4 Å². The molecule has 7 heteroatoms. The van der Waals surface area contributed by atoms with E-state index in [1.54, 1.807) is 7.11 Å². The number of aliphatic hydroxyl groups excluding tert-OH is 1. The summed E-state index contributed by atoms with van der Waals surface area (Å²) in [6, 6.07) is 7.50. The number of ether oxygens (including phenoxy) is 2. The van der Waals surface area contributed by atoms with Crippen LogP contribution in [0.3, 0.4) is 0 Å². The Labute approximate surface area is 129 Å². The Balaban J connectivity index is 2.17. The van der Waals surface area contributed by atoms with Gasteiger partial charge in [0.05, 0.1) is 26.9 Å². The van der Waals surface area contributed by atoms with E-state index >= 15 is 0 Å². The van der Waals surface area contributed by atoms with Crippen molar-refractivity contribution >= 4 is 11.8 Å². The monoisotopic (exact) mass is 310 g/mol. The second kappa shape index (κ2) is 10.6. The first kappa shape index (κ1) is 17.9. The van der Waals surface area contributed by atoms with Crippen molar-refractivity contribution in [2.45, 2.75) is 6.42 Å². The van der Waals surface area contributed by atoms with E-state index in [1.807, 2.05) is 24.3 Å². The molecule has 3 N–H and O–H groups in total. The third-order valence-corrected chi connectivity index (χ3v) is 2.83. The smallest absolute Gasteiger partial charge is 0.309 e. The Morgan fingerprint density at radius 1 is 1.05 bits per heavy atom. The van der Waals surface area contributed by atoms with Crippen molar-refractivity contribution in [1.29, 1.82) is 0 Å². The van der Waals surface area contributed by atoms with Gasteiger partial charge in [0.25, 0.3) is 0 Å². The predicted molar refractivity (Wildman–Crippen MR) is 80.6 cm³/mol. The summed E-state index contributed by atoms with van der Waals surface area (Å²) in [5.74, 6) is -0.589. The number of nitrogens with one attached hydrogen (secondary N) is 2. The minimum Gasteiger partial charge on any atom is -0.497 e.